The fourth-order valence-electron chi connectivity index (χ4n) is 4.24. The Kier molecular flexibility index (Phi) is 5.75. The summed E-state index contributed by atoms with van der Waals surface area (Å²) in [6, 6.07) is 3.00. The first-order chi connectivity index (χ1) is 12.9. The maximum Gasteiger partial charge on any atom is 0.238 e. The van der Waals surface area contributed by atoms with Gasteiger partial charge >= 0.3 is 0 Å². The van der Waals surface area contributed by atoms with Crippen molar-refractivity contribution in [1.29, 1.82) is 0 Å². The van der Waals surface area contributed by atoms with Crippen molar-refractivity contribution in [2.45, 2.75) is 32.2 Å². The Bertz CT molecular complexity index is 760. The molecule has 1 fully saturated rings. The van der Waals surface area contributed by atoms with E-state index < -0.39 is 12.0 Å². The third-order valence-corrected chi connectivity index (χ3v) is 5.69. The first-order valence-corrected chi connectivity index (χ1v) is 9.60. The Morgan fingerprint density at radius 2 is 1.74 bits per heavy atom. The summed E-state index contributed by atoms with van der Waals surface area (Å²) in [5.74, 6) is -0.422. The predicted octanol–water partition coefficient (Wildman–Crippen LogP) is 2.55. The summed E-state index contributed by atoms with van der Waals surface area (Å²) in [4.78, 5) is 39.7. The van der Waals surface area contributed by atoms with Crippen molar-refractivity contribution in [3.63, 3.8) is 0 Å². The Morgan fingerprint density at radius 1 is 1.15 bits per heavy atom. The molecular formula is C20H24ClNO5. The molecule has 7 heteroatoms. The van der Waals surface area contributed by atoms with E-state index in [0.717, 1.165) is 11.1 Å². The number of carbonyl (C=O) groups is 3. The number of nitrogens with zero attached hydrogens (tertiary/aromatic N) is 1. The molecule has 1 aliphatic heterocycles. The molecule has 0 unspecified atom stereocenters. The van der Waals surface area contributed by atoms with Crippen LogP contribution in [-0.4, -0.2) is 49.0 Å². The van der Waals surface area contributed by atoms with Crippen molar-refractivity contribution in [2.75, 3.05) is 26.6 Å². The Balaban J connectivity index is 2.13. The van der Waals surface area contributed by atoms with Crippen LogP contribution in [0.25, 0.3) is 0 Å². The second kappa shape index (κ2) is 7.89. The van der Waals surface area contributed by atoms with Crippen LogP contribution >= 0.6 is 11.6 Å². The highest BCUT2D eigenvalue weighted by Gasteiger charge is 2.45. The molecule has 27 heavy (non-hydrogen) atoms. The smallest absolute Gasteiger partial charge is 0.238 e. The van der Waals surface area contributed by atoms with Crippen LogP contribution in [0.5, 0.6) is 11.5 Å². The van der Waals surface area contributed by atoms with E-state index in [0.29, 0.717) is 37.3 Å². The van der Waals surface area contributed by atoms with Crippen LogP contribution in [0.15, 0.2) is 12.1 Å². The van der Waals surface area contributed by atoms with E-state index in [2.05, 4.69) is 0 Å². The number of fused-ring (bicyclic) bond motifs is 1. The molecule has 3 rings (SSSR count). The van der Waals surface area contributed by atoms with E-state index in [1.165, 1.54) is 7.11 Å². The largest absolute Gasteiger partial charge is 0.493 e. The zero-order valence-electron chi connectivity index (χ0n) is 15.8. The second-order valence-corrected chi connectivity index (χ2v) is 7.51. The van der Waals surface area contributed by atoms with Gasteiger partial charge in [-0.2, -0.15) is 0 Å². The zero-order valence-corrected chi connectivity index (χ0v) is 16.5. The number of Topliss-reactive ketones (excluding diaryl/α,β-unsaturated/α-hetero) is 2. The molecule has 1 aromatic carbocycles. The molecule has 2 aliphatic rings. The normalized spacial score (nSPS) is 25.2. The molecule has 1 amide bonds. The van der Waals surface area contributed by atoms with Crippen molar-refractivity contribution in [3.05, 3.63) is 23.3 Å². The molecule has 0 saturated heterocycles. The molecule has 1 aliphatic carbocycles. The van der Waals surface area contributed by atoms with Gasteiger partial charge in [-0.15, -0.1) is 11.6 Å². The van der Waals surface area contributed by atoms with Gasteiger partial charge in [0.2, 0.25) is 5.91 Å². The molecule has 0 spiro atoms. The third-order valence-electron chi connectivity index (χ3n) is 5.47. The molecule has 0 N–H and O–H groups in total. The van der Waals surface area contributed by atoms with Crippen molar-refractivity contribution < 1.29 is 23.9 Å². The van der Waals surface area contributed by atoms with Crippen LogP contribution < -0.4 is 9.47 Å². The van der Waals surface area contributed by atoms with Crippen LogP contribution in [0.1, 0.15) is 36.9 Å². The van der Waals surface area contributed by atoms with Gasteiger partial charge in [0.25, 0.3) is 0 Å². The van der Waals surface area contributed by atoms with Crippen LogP contribution in [-0.2, 0) is 20.8 Å². The van der Waals surface area contributed by atoms with Gasteiger partial charge in [0, 0.05) is 19.4 Å². The standard InChI is InChI=1S/C20H24ClNO5/c1-11-6-14(23)19(15(24)7-11)20-13-9-17(27-3)16(26-2)8-12(13)4-5-22(20)18(25)10-21/h8-9,11,19-20H,4-7,10H2,1-3H3/t11?,19?,20-/m1/s1. The second-order valence-electron chi connectivity index (χ2n) is 7.25. The highest BCUT2D eigenvalue weighted by atomic mass is 35.5. The summed E-state index contributed by atoms with van der Waals surface area (Å²) in [6.07, 6.45) is 1.29. The van der Waals surface area contributed by atoms with Gasteiger partial charge in [-0.05, 0) is 35.6 Å². The third kappa shape index (κ3) is 3.55. The number of rotatable bonds is 4. The number of ether oxygens (including phenoxy) is 2. The lowest BCUT2D eigenvalue weighted by molar-refractivity contribution is -0.144. The van der Waals surface area contributed by atoms with Crippen molar-refractivity contribution in [1.82, 2.24) is 4.90 Å². The molecule has 0 aromatic heterocycles. The molecule has 6 nitrogen and oxygen atoms in total. The summed E-state index contributed by atoms with van der Waals surface area (Å²) < 4.78 is 10.8. The zero-order chi connectivity index (χ0) is 19.7. The van der Waals surface area contributed by atoms with Gasteiger partial charge in [-0.25, -0.2) is 0 Å². The fourth-order valence-corrected chi connectivity index (χ4v) is 4.39. The van der Waals surface area contributed by atoms with Crippen molar-refractivity contribution in [2.24, 2.45) is 11.8 Å². The lowest BCUT2D eigenvalue weighted by Crippen LogP contribution is -2.49. The minimum atomic E-state index is -0.856. The number of amides is 1. The van der Waals surface area contributed by atoms with Gasteiger partial charge in [0.05, 0.1) is 20.3 Å². The minimum Gasteiger partial charge on any atom is -0.493 e. The Hall–Kier alpha value is -2.08. The average Bonchev–Trinajstić information content (AvgIpc) is 2.65. The van der Waals surface area contributed by atoms with E-state index >= 15 is 0 Å². The Morgan fingerprint density at radius 3 is 2.30 bits per heavy atom. The predicted molar refractivity (Wildman–Crippen MR) is 100 cm³/mol. The van der Waals surface area contributed by atoms with Crippen LogP contribution in [0.4, 0.5) is 0 Å². The van der Waals surface area contributed by atoms with Gasteiger partial charge in [0.1, 0.15) is 23.4 Å². The molecule has 0 radical (unpaired) electrons. The molecule has 1 atom stereocenters. The van der Waals surface area contributed by atoms with Gasteiger partial charge in [-0.3, -0.25) is 14.4 Å². The monoisotopic (exact) mass is 393 g/mol. The maximum absolute atomic E-state index is 12.8. The summed E-state index contributed by atoms with van der Waals surface area (Å²) in [6.45, 7) is 2.31. The fraction of sp³-hybridized carbons (Fsp3) is 0.550. The number of methoxy groups -OCH3 is 2. The van der Waals surface area contributed by atoms with E-state index in [1.54, 1.807) is 18.1 Å². The lowest BCUT2D eigenvalue weighted by Gasteiger charge is -2.42. The summed E-state index contributed by atoms with van der Waals surface area (Å²) in [5, 5.41) is 0. The number of ketones is 2. The molecule has 0 bridgehead atoms. The SMILES string of the molecule is COc1cc2c(cc1OC)[C@H](C1C(=O)CC(C)CC1=O)N(C(=O)CCl)CC2. The average molecular weight is 394 g/mol. The van der Waals surface area contributed by atoms with Gasteiger partial charge < -0.3 is 14.4 Å². The molecule has 1 aromatic rings. The molecular weight excluding hydrogens is 370 g/mol. The van der Waals surface area contributed by atoms with Crippen LogP contribution in [0, 0.1) is 11.8 Å². The highest BCUT2D eigenvalue weighted by Crippen LogP contribution is 2.44. The number of hydrogen-bond acceptors (Lipinski definition) is 5. The first-order valence-electron chi connectivity index (χ1n) is 9.06. The summed E-state index contributed by atoms with van der Waals surface area (Å²) >= 11 is 5.81. The van der Waals surface area contributed by atoms with Crippen molar-refractivity contribution in [3.8, 4) is 11.5 Å². The topological polar surface area (TPSA) is 72.9 Å². The van der Waals surface area contributed by atoms with Crippen molar-refractivity contribution >= 4 is 29.1 Å². The Labute approximate surface area is 163 Å². The number of alkyl halides is 1. The lowest BCUT2D eigenvalue weighted by atomic mass is 9.73. The van der Waals surface area contributed by atoms with E-state index in [4.69, 9.17) is 21.1 Å². The summed E-state index contributed by atoms with van der Waals surface area (Å²) in [7, 11) is 3.09. The van der Waals surface area contributed by atoms with Crippen LogP contribution in [0.2, 0.25) is 0 Å². The minimum absolute atomic E-state index is 0.0342. The van der Waals surface area contributed by atoms with E-state index in [-0.39, 0.29) is 29.3 Å². The van der Waals surface area contributed by atoms with Crippen LogP contribution in [0.3, 0.4) is 0 Å². The summed E-state index contributed by atoms with van der Waals surface area (Å²) in [5.41, 5.74) is 1.72. The van der Waals surface area contributed by atoms with E-state index in [9.17, 15) is 14.4 Å². The number of benzene rings is 1. The van der Waals surface area contributed by atoms with Gasteiger partial charge in [-0.1, -0.05) is 6.92 Å². The van der Waals surface area contributed by atoms with E-state index in [1.807, 2.05) is 13.0 Å². The number of hydrogen-bond donors (Lipinski definition) is 0. The molecule has 146 valence electrons. The quantitative estimate of drug-likeness (QED) is 0.580. The number of carbonyl (C=O) groups excluding carboxylic acids is 3. The first kappa shape index (κ1) is 19.7. The number of halogens is 1. The van der Waals surface area contributed by atoms with Gasteiger partial charge in [0.15, 0.2) is 11.5 Å². The highest BCUT2D eigenvalue weighted by molar-refractivity contribution is 6.27. The molecule has 1 heterocycles. The maximum atomic E-state index is 12.8. The molecule has 1 saturated carbocycles.